The Labute approximate surface area is 98.0 Å². The number of carboxylic acids is 1. The molecule has 0 radical (unpaired) electrons. The van der Waals surface area contributed by atoms with E-state index in [-0.39, 0.29) is 0 Å². The Morgan fingerprint density at radius 3 is 2.47 bits per heavy atom. The van der Waals surface area contributed by atoms with Gasteiger partial charge < -0.3 is 9.59 Å². The van der Waals surface area contributed by atoms with Gasteiger partial charge >= 0.3 is 5.97 Å². The van der Waals surface area contributed by atoms with E-state index in [1.807, 2.05) is 27.2 Å². The van der Waals surface area contributed by atoms with Crippen molar-refractivity contribution in [1.29, 1.82) is 0 Å². The Morgan fingerprint density at radius 2 is 2.00 bits per heavy atom. The van der Waals surface area contributed by atoms with Crippen molar-refractivity contribution >= 4 is 21.9 Å². The summed E-state index contributed by atoms with van der Waals surface area (Å²) >= 11 is 3.35. The van der Waals surface area contributed by atoms with Crippen LogP contribution in [0.15, 0.2) is 22.7 Å². The molecule has 0 atom stereocenters. The fourth-order valence-corrected chi connectivity index (χ4v) is 1.82. The van der Waals surface area contributed by atoms with Crippen LogP contribution in [0.5, 0.6) is 0 Å². The van der Waals surface area contributed by atoms with Crippen molar-refractivity contribution in [2.45, 2.75) is 6.54 Å². The molecule has 1 aromatic carbocycles. The third-order valence-corrected chi connectivity index (χ3v) is 2.44. The Morgan fingerprint density at radius 1 is 1.40 bits per heavy atom. The highest BCUT2D eigenvalue weighted by atomic mass is 79.9. The SMILES string of the molecule is C[N+](C)(C)Cc1cc(Br)ccc1C(=O)O. The summed E-state index contributed by atoms with van der Waals surface area (Å²) in [6.45, 7) is 0.696. The molecule has 82 valence electrons. The number of aromatic carboxylic acids is 1. The Hall–Kier alpha value is -0.870. The topological polar surface area (TPSA) is 37.3 Å². The number of carboxylic acid groups (broad SMARTS) is 1. The Balaban J connectivity index is 3.13. The Bertz CT molecular complexity index is 383. The third kappa shape index (κ3) is 3.64. The zero-order chi connectivity index (χ0) is 11.6. The summed E-state index contributed by atoms with van der Waals surface area (Å²) in [5.41, 5.74) is 1.23. The largest absolute Gasteiger partial charge is 0.478 e. The van der Waals surface area contributed by atoms with Crippen LogP contribution in [-0.4, -0.2) is 36.7 Å². The molecule has 0 aliphatic carbocycles. The van der Waals surface area contributed by atoms with Gasteiger partial charge in [-0.15, -0.1) is 0 Å². The molecule has 0 unspecified atom stereocenters. The molecule has 0 aliphatic rings. The molecule has 0 bridgehead atoms. The van der Waals surface area contributed by atoms with Gasteiger partial charge in [-0.05, 0) is 18.2 Å². The number of carbonyl (C=O) groups is 1. The summed E-state index contributed by atoms with van der Waals surface area (Å²) in [4.78, 5) is 11.0. The maximum Gasteiger partial charge on any atom is 0.336 e. The lowest BCUT2D eigenvalue weighted by Crippen LogP contribution is -2.34. The van der Waals surface area contributed by atoms with E-state index in [0.717, 1.165) is 10.0 Å². The summed E-state index contributed by atoms with van der Waals surface area (Å²) in [5, 5.41) is 9.03. The van der Waals surface area contributed by atoms with Gasteiger partial charge in [0.05, 0.1) is 26.7 Å². The van der Waals surface area contributed by atoms with E-state index in [1.54, 1.807) is 12.1 Å². The van der Waals surface area contributed by atoms with Gasteiger partial charge in [-0.1, -0.05) is 15.9 Å². The molecule has 15 heavy (non-hydrogen) atoms. The maximum atomic E-state index is 11.0. The van der Waals surface area contributed by atoms with Crippen LogP contribution >= 0.6 is 15.9 Å². The molecule has 3 nitrogen and oxygen atoms in total. The van der Waals surface area contributed by atoms with Crippen LogP contribution in [0.3, 0.4) is 0 Å². The molecule has 0 amide bonds. The number of hydrogen-bond acceptors (Lipinski definition) is 1. The van der Waals surface area contributed by atoms with E-state index < -0.39 is 5.97 Å². The van der Waals surface area contributed by atoms with Gasteiger partial charge in [0.15, 0.2) is 0 Å². The number of nitrogens with zero attached hydrogens (tertiary/aromatic N) is 1. The minimum Gasteiger partial charge on any atom is -0.478 e. The molecule has 0 fully saturated rings. The molecule has 1 rings (SSSR count). The van der Waals surface area contributed by atoms with Crippen molar-refractivity contribution in [3.05, 3.63) is 33.8 Å². The predicted octanol–water partition coefficient (Wildman–Crippen LogP) is 2.35. The van der Waals surface area contributed by atoms with E-state index in [4.69, 9.17) is 5.11 Å². The normalized spacial score (nSPS) is 11.5. The molecule has 0 saturated carbocycles. The van der Waals surface area contributed by atoms with Crippen LogP contribution in [0.2, 0.25) is 0 Å². The highest BCUT2D eigenvalue weighted by Gasteiger charge is 2.16. The molecule has 0 spiro atoms. The number of hydrogen-bond donors (Lipinski definition) is 1. The lowest BCUT2D eigenvalue weighted by molar-refractivity contribution is -0.884. The highest BCUT2D eigenvalue weighted by molar-refractivity contribution is 9.10. The van der Waals surface area contributed by atoms with Gasteiger partial charge in [0.2, 0.25) is 0 Å². The standard InChI is InChI=1S/C11H14BrNO2/c1-13(2,3)7-8-6-9(12)4-5-10(8)11(14)15/h4-6H,7H2,1-3H3/p+1. The summed E-state index contributed by atoms with van der Waals surface area (Å²) < 4.78 is 1.62. The van der Waals surface area contributed by atoms with Crippen molar-refractivity contribution in [2.75, 3.05) is 21.1 Å². The van der Waals surface area contributed by atoms with Crippen LogP contribution in [0, 0.1) is 0 Å². The second-order valence-electron chi connectivity index (χ2n) is 4.56. The molecular weight excluding hydrogens is 258 g/mol. The van der Waals surface area contributed by atoms with Crippen molar-refractivity contribution < 1.29 is 14.4 Å². The molecular formula is C11H15BrNO2+. The fraction of sp³-hybridized carbons (Fsp3) is 0.364. The first-order chi connectivity index (χ1) is 6.79. The van der Waals surface area contributed by atoms with Gasteiger partial charge in [0.1, 0.15) is 6.54 Å². The van der Waals surface area contributed by atoms with Crippen LogP contribution in [0.25, 0.3) is 0 Å². The molecule has 0 heterocycles. The molecule has 0 saturated heterocycles. The lowest BCUT2D eigenvalue weighted by atomic mass is 10.1. The fourth-order valence-electron chi connectivity index (χ4n) is 1.41. The zero-order valence-electron chi connectivity index (χ0n) is 9.12. The minimum atomic E-state index is -0.869. The third-order valence-electron chi connectivity index (χ3n) is 1.94. The van der Waals surface area contributed by atoms with Crippen LogP contribution in [0.4, 0.5) is 0 Å². The van der Waals surface area contributed by atoms with Gasteiger partial charge in [-0.2, -0.15) is 0 Å². The first kappa shape index (κ1) is 12.2. The summed E-state index contributed by atoms with van der Waals surface area (Å²) in [5.74, 6) is -0.869. The Kier molecular flexibility index (Phi) is 3.52. The van der Waals surface area contributed by atoms with E-state index in [0.29, 0.717) is 16.6 Å². The molecule has 0 aliphatic heterocycles. The van der Waals surface area contributed by atoms with Gasteiger partial charge in [-0.25, -0.2) is 4.79 Å². The van der Waals surface area contributed by atoms with Gasteiger partial charge in [-0.3, -0.25) is 0 Å². The smallest absolute Gasteiger partial charge is 0.336 e. The number of benzene rings is 1. The van der Waals surface area contributed by atoms with E-state index in [2.05, 4.69) is 15.9 Å². The second kappa shape index (κ2) is 4.33. The first-order valence-corrected chi connectivity index (χ1v) is 5.41. The highest BCUT2D eigenvalue weighted by Crippen LogP contribution is 2.19. The number of quaternary nitrogens is 1. The average Bonchev–Trinajstić information content (AvgIpc) is 1.99. The molecule has 0 aromatic heterocycles. The van der Waals surface area contributed by atoms with E-state index in [9.17, 15) is 4.79 Å². The van der Waals surface area contributed by atoms with E-state index in [1.165, 1.54) is 0 Å². The average molecular weight is 273 g/mol. The van der Waals surface area contributed by atoms with Crippen molar-refractivity contribution in [3.8, 4) is 0 Å². The summed E-state index contributed by atoms with van der Waals surface area (Å²) in [6, 6.07) is 5.26. The molecule has 1 aromatic rings. The zero-order valence-corrected chi connectivity index (χ0v) is 10.7. The van der Waals surface area contributed by atoms with Crippen LogP contribution < -0.4 is 0 Å². The van der Waals surface area contributed by atoms with E-state index >= 15 is 0 Å². The summed E-state index contributed by atoms with van der Waals surface area (Å²) in [7, 11) is 6.10. The molecule has 1 N–H and O–H groups in total. The maximum absolute atomic E-state index is 11.0. The number of rotatable bonds is 3. The van der Waals surface area contributed by atoms with Crippen molar-refractivity contribution in [3.63, 3.8) is 0 Å². The van der Waals surface area contributed by atoms with Crippen molar-refractivity contribution in [1.82, 2.24) is 0 Å². The number of halogens is 1. The minimum absolute atomic E-state index is 0.381. The monoisotopic (exact) mass is 272 g/mol. The lowest BCUT2D eigenvalue weighted by Gasteiger charge is -2.24. The van der Waals surface area contributed by atoms with Gasteiger partial charge in [0, 0.05) is 10.0 Å². The first-order valence-electron chi connectivity index (χ1n) is 4.62. The molecule has 4 heteroatoms. The van der Waals surface area contributed by atoms with Crippen LogP contribution in [-0.2, 0) is 6.54 Å². The second-order valence-corrected chi connectivity index (χ2v) is 5.47. The van der Waals surface area contributed by atoms with Crippen LogP contribution in [0.1, 0.15) is 15.9 Å². The van der Waals surface area contributed by atoms with Gasteiger partial charge in [0.25, 0.3) is 0 Å². The quantitative estimate of drug-likeness (QED) is 0.858. The summed E-state index contributed by atoms with van der Waals surface area (Å²) in [6.07, 6.45) is 0. The predicted molar refractivity (Wildman–Crippen MR) is 62.8 cm³/mol. The van der Waals surface area contributed by atoms with Crippen molar-refractivity contribution in [2.24, 2.45) is 0 Å².